The second-order valence-electron chi connectivity index (χ2n) is 4.81. The molecule has 0 aliphatic rings. The van der Waals surface area contributed by atoms with Gasteiger partial charge in [-0.15, -0.1) is 0 Å². The van der Waals surface area contributed by atoms with Crippen molar-refractivity contribution in [2.45, 2.75) is 19.9 Å². The molecular formula is C14H13ClFN5. The van der Waals surface area contributed by atoms with Gasteiger partial charge in [-0.25, -0.2) is 4.39 Å². The zero-order valence-corrected chi connectivity index (χ0v) is 12.3. The highest BCUT2D eigenvalue weighted by Gasteiger charge is 2.12. The Morgan fingerprint density at radius 3 is 2.90 bits per heavy atom. The van der Waals surface area contributed by atoms with Gasteiger partial charge in [0.1, 0.15) is 23.1 Å². The van der Waals surface area contributed by atoms with Crippen molar-refractivity contribution in [3.05, 3.63) is 52.7 Å². The number of aromatic nitrogens is 4. The van der Waals surface area contributed by atoms with E-state index in [-0.39, 0.29) is 11.9 Å². The molecule has 7 heteroatoms. The summed E-state index contributed by atoms with van der Waals surface area (Å²) in [6, 6.07) is 6.70. The first kappa shape index (κ1) is 13.8. The highest BCUT2D eigenvalue weighted by atomic mass is 35.5. The van der Waals surface area contributed by atoms with E-state index in [4.69, 9.17) is 11.6 Å². The van der Waals surface area contributed by atoms with Crippen molar-refractivity contribution in [2.75, 3.05) is 5.32 Å². The van der Waals surface area contributed by atoms with Gasteiger partial charge in [0.25, 0.3) is 5.78 Å². The zero-order valence-electron chi connectivity index (χ0n) is 11.5. The standard InChI is InChI=1S/C14H13ClFN5/c1-8-3-4-10(5-11(8)16)9(2)19-13-6-12(15)20-14-17-7-18-21(13)14/h3-7,9,19H,1-2H3. The highest BCUT2D eigenvalue weighted by Crippen LogP contribution is 2.22. The number of anilines is 1. The summed E-state index contributed by atoms with van der Waals surface area (Å²) in [6.45, 7) is 3.67. The van der Waals surface area contributed by atoms with Crippen LogP contribution >= 0.6 is 11.6 Å². The summed E-state index contributed by atoms with van der Waals surface area (Å²) in [6.07, 6.45) is 1.40. The van der Waals surface area contributed by atoms with Gasteiger partial charge < -0.3 is 5.32 Å². The van der Waals surface area contributed by atoms with E-state index in [2.05, 4.69) is 20.4 Å². The maximum Gasteiger partial charge on any atom is 0.255 e. The van der Waals surface area contributed by atoms with Crippen LogP contribution < -0.4 is 5.32 Å². The minimum absolute atomic E-state index is 0.119. The molecule has 1 N–H and O–H groups in total. The Morgan fingerprint density at radius 2 is 2.14 bits per heavy atom. The molecule has 2 heterocycles. The van der Waals surface area contributed by atoms with Gasteiger partial charge in [0.05, 0.1) is 6.04 Å². The summed E-state index contributed by atoms with van der Waals surface area (Å²) in [5, 5.41) is 7.65. The minimum atomic E-state index is -0.222. The zero-order chi connectivity index (χ0) is 15.0. The molecule has 0 saturated carbocycles. The van der Waals surface area contributed by atoms with Gasteiger partial charge in [0, 0.05) is 6.07 Å². The molecule has 1 atom stereocenters. The van der Waals surface area contributed by atoms with Crippen LogP contribution in [-0.2, 0) is 0 Å². The molecule has 2 aromatic heterocycles. The smallest absolute Gasteiger partial charge is 0.255 e. The lowest BCUT2D eigenvalue weighted by Gasteiger charge is -2.16. The molecule has 21 heavy (non-hydrogen) atoms. The molecule has 0 radical (unpaired) electrons. The average Bonchev–Trinajstić information content (AvgIpc) is 2.90. The molecular weight excluding hydrogens is 293 g/mol. The maximum absolute atomic E-state index is 13.7. The van der Waals surface area contributed by atoms with E-state index in [0.29, 0.717) is 22.3 Å². The van der Waals surface area contributed by atoms with Crippen molar-refractivity contribution in [1.29, 1.82) is 0 Å². The van der Waals surface area contributed by atoms with Crippen LogP contribution in [0.5, 0.6) is 0 Å². The number of aryl methyl sites for hydroxylation is 1. The quantitative estimate of drug-likeness (QED) is 0.754. The van der Waals surface area contributed by atoms with Crippen molar-refractivity contribution >= 4 is 23.2 Å². The number of hydrogen-bond acceptors (Lipinski definition) is 4. The first-order chi connectivity index (χ1) is 10.0. The predicted octanol–water partition coefficient (Wildman–Crippen LogP) is 3.40. The Balaban J connectivity index is 1.94. The molecule has 1 aromatic carbocycles. The van der Waals surface area contributed by atoms with Crippen molar-refractivity contribution in [3.8, 4) is 0 Å². The summed E-state index contributed by atoms with van der Waals surface area (Å²) in [5.41, 5.74) is 1.45. The van der Waals surface area contributed by atoms with E-state index < -0.39 is 0 Å². The Kier molecular flexibility index (Phi) is 3.47. The van der Waals surface area contributed by atoms with Crippen LogP contribution in [0.25, 0.3) is 5.78 Å². The second-order valence-corrected chi connectivity index (χ2v) is 5.20. The molecule has 3 aromatic rings. The summed E-state index contributed by atoms with van der Waals surface area (Å²) in [4.78, 5) is 8.06. The Hall–Kier alpha value is -2.21. The summed E-state index contributed by atoms with van der Waals surface area (Å²) in [7, 11) is 0. The summed E-state index contributed by atoms with van der Waals surface area (Å²) < 4.78 is 15.2. The van der Waals surface area contributed by atoms with Crippen molar-refractivity contribution < 1.29 is 4.39 Å². The van der Waals surface area contributed by atoms with E-state index in [9.17, 15) is 4.39 Å². The third-order valence-corrected chi connectivity index (χ3v) is 3.47. The summed E-state index contributed by atoms with van der Waals surface area (Å²) >= 11 is 5.96. The molecule has 0 amide bonds. The minimum Gasteiger partial charge on any atom is -0.363 e. The molecule has 0 fully saturated rings. The average molecular weight is 306 g/mol. The first-order valence-electron chi connectivity index (χ1n) is 6.43. The van der Waals surface area contributed by atoms with E-state index in [1.807, 2.05) is 13.0 Å². The molecule has 0 spiro atoms. The molecule has 108 valence electrons. The third kappa shape index (κ3) is 2.67. The van der Waals surface area contributed by atoms with Crippen molar-refractivity contribution in [3.63, 3.8) is 0 Å². The molecule has 1 unspecified atom stereocenters. The SMILES string of the molecule is Cc1ccc(C(C)Nc2cc(Cl)nc3ncnn23)cc1F. The molecule has 0 aliphatic heterocycles. The third-order valence-electron chi connectivity index (χ3n) is 3.28. The van der Waals surface area contributed by atoms with Gasteiger partial charge in [-0.1, -0.05) is 23.7 Å². The second kappa shape index (κ2) is 5.29. The number of rotatable bonds is 3. The van der Waals surface area contributed by atoms with Crippen molar-refractivity contribution in [1.82, 2.24) is 19.6 Å². The number of fused-ring (bicyclic) bond motifs is 1. The lowest BCUT2D eigenvalue weighted by Crippen LogP contribution is -2.11. The largest absolute Gasteiger partial charge is 0.363 e. The predicted molar refractivity (Wildman–Crippen MR) is 79.0 cm³/mol. The lowest BCUT2D eigenvalue weighted by atomic mass is 10.1. The Labute approximate surface area is 125 Å². The monoisotopic (exact) mass is 305 g/mol. The van der Waals surface area contributed by atoms with Crippen LogP contribution in [0.3, 0.4) is 0 Å². The molecule has 3 rings (SSSR count). The highest BCUT2D eigenvalue weighted by molar-refractivity contribution is 6.29. The maximum atomic E-state index is 13.7. The Morgan fingerprint density at radius 1 is 1.33 bits per heavy atom. The number of benzene rings is 1. The van der Waals surface area contributed by atoms with Gasteiger partial charge in [-0.2, -0.15) is 19.6 Å². The van der Waals surface area contributed by atoms with E-state index in [0.717, 1.165) is 5.56 Å². The van der Waals surface area contributed by atoms with E-state index in [1.165, 1.54) is 12.4 Å². The fourth-order valence-corrected chi connectivity index (χ4v) is 2.25. The Bertz CT molecular complexity index is 801. The number of halogens is 2. The van der Waals surface area contributed by atoms with Crippen LogP contribution in [0.15, 0.2) is 30.6 Å². The number of hydrogen-bond donors (Lipinski definition) is 1. The van der Waals surface area contributed by atoms with Gasteiger partial charge in [0.2, 0.25) is 0 Å². The lowest BCUT2D eigenvalue weighted by molar-refractivity contribution is 0.614. The van der Waals surface area contributed by atoms with Crippen LogP contribution in [0.1, 0.15) is 24.1 Å². The van der Waals surface area contributed by atoms with Gasteiger partial charge in [-0.3, -0.25) is 0 Å². The van der Waals surface area contributed by atoms with Crippen molar-refractivity contribution in [2.24, 2.45) is 0 Å². The first-order valence-corrected chi connectivity index (χ1v) is 6.81. The molecule has 0 aliphatic carbocycles. The fraction of sp³-hybridized carbons (Fsp3) is 0.214. The molecule has 0 bridgehead atoms. The van der Waals surface area contributed by atoms with Gasteiger partial charge in [0.15, 0.2) is 0 Å². The number of nitrogens with one attached hydrogen (secondary N) is 1. The van der Waals surface area contributed by atoms with E-state index >= 15 is 0 Å². The van der Waals surface area contributed by atoms with E-state index in [1.54, 1.807) is 23.6 Å². The van der Waals surface area contributed by atoms with Crippen LogP contribution in [-0.4, -0.2) is 19.6 Å². The topological polar surface area (TPSA) is 55.1 Å². The fourth-order valence-electron chi connectivity index (χ4n) is 2.07. The molecule has 0 saturated heterocycles. The van der Waals surface area contributed by atoms with Crippen LogP contribution in [0.4, 0.5) is 10.2 Å². The number of nitrogens with zero attached hydrogens (tertiary/aromatic N) is 4. The normalized spacial score (nSPS) is 12.6. The van der Waals surface area contributed by atoms with Crippen LogP contribution in [0.2, 0.25) is 5.15 Å². The molecule has 5 nitrogen and oxygen atoms in total. The van der Waals surface area contributed by atoms with Crippen LogP contribution in [0, 0.1) is 12.7 Å². The van der Waals surface area contributed by atoms with Gasteiger partial charge in [-0.05, 0) is 31.0 Å². The summed E-state index contributed by atoms with van der Waals surface area (Å²) in [5.74, 6) is 0.836. The van der Waals surface area contributed by atoms with Gasteiger partial charge >= 0.3 is 0 Å².